The number of benzene rings is 1. The van der Waals surface area contributed by atoms with Crippen molar-refractivity contribution in [3.05, 3.63) is 24.3 Å². The molecule has 9 nitrogen and oxygen atoms in total. The summed E-state index contributed by atoms with van der Waals surface area (Å²) in [5.74, 6) is -0.796. The maximum Gasteiger partial charge on any atom is 0.325 e. The van der Waals surface area contributed by atoms with Crippen LogP contribution in [0.3, 0.4) is 0 Å². The molecule has 0 saturated carbocycles. The molecule has 1 aromatic rings. The van der Waals surface area contributed by atoms with Gasteiger partial charge in [-0.2, -0.15) is 4.31 Å². The van der Waals surface area contributed by atoms with Crippen molar-refractivity contribution in [1.29, 1.82) is 0 Å². The number of urea groups is 1. The predicted molar refractivity (Wildman–Crippen MR) is 111 cm³/mol. The summed E-state index contributed by atoms with van der Waals surface area (Å²) in [6.07, 6.45) is 3.65. The van der Waals surface area contributed by atoms with Crippen molar-refractivity contribution < 1.29 is 22.8 Å². The number of nitrogens with one attached hydrogen (secondary N) is 2. The van der Waals surface area contributed by atoms with Gasteiger partial charge in [-0.1, -0.05) is 18.9 Å². The number of hydrogen-bond donors (Lipinski definition) is 2. The molecule has 0 aromatic heterocycles. The van der Waals surface area contributed by atoms with E-state index in [2.05, 4.69) is 10.6 Å². The summed E-state index contributed by atoms with van der Waals surface area (Å²) in [4.78, 5) is 37.5. The van der Waals surface area contributed by atoms with Gasteiger partial charge in [0.2, 0.25) is 15.9 Å². The van der Waals surface area contributed by atoms with Crippen LogP contribution in [0.4, 0.5) is 10.5 Å². The lowest BCUT2D eigenvalue weighted by Crippen LogP contribution is -2.40. The van der Waals surface area contributed by atoms with Crippen LogP contribution in [0.1, 0.15) is 46.0 Å². The minimum Gasteiger partial charge on any atom is -0.326 e. The number of carbonyl (C=O) groups is 3. The minimum absolute atomic E-state index is 0.0499. The summed E-state index contributed by atoms with van der Waals surface area (Å²) < 4.78 is 27.4. The van der Waals surface area contributed by atoms with Gasteiger partial charge in [-0.3, -0.25) is 14.5 Å². The molecule has 2 heterocycles. The first-order valence-electron chi connectivity index (χ1n) is 10.2. The molecule has 2 fully saturated rings. The van der Waals surface area contributed by atoms with Crippen molar-refractivity contribution in [2.75, 3.05) is 25.0 Å². The van der Waals surface area contributed by atoms with Crippen LogP contribution in [0.5, 0.6) is 0 Å². The summed E-state index contributed by atoms with van der Waals surface area (Å²) in [6, 6.07) is 5.62. The van der Waals surface area contributed by atoms with E-state index in [-0.39, 0.29) is 23.8 Å². The van der Waals surface area contributed by atoms with Crippen LogP contribution in [-0.2, 0) is 19.6 Å². The van der Waals surface area contributed by atoms with E-state index < -0.39 is 27.5 Å². The highest BCUT2D eigenvalue weighted by Crippen LogP contribution is 2.23. The first-order valence-corrected chi connectivity index (χ1v) is 11.6. The highest BCUT2D eigenvalue weighted by atomic mass is 32.2. The third-order valence-corrected chi connectivity index (χ3v) is 7.22. The second-order valence-corrected chi connectivity index (χ2v) is 10.1. The lowest BCUT2D eigenvalue weighted by molar-refractivity contribution is -0.130. The Bertz CT molecular complexity index is 936. The quantitative estimate of drug-likeness (QED) is 0.661. The summed E-state index contributed by atoms with van der Waals surface area (Å²) >= 11 is 0. The number of carbonyl (C=O) groups excluding carboxylic acids is 3. The second kappa shape index (κ2) is 8.73. The van der Waals surface area contributed by atoms with E-state index in [0.29, 0.717) is 18.8 Å². The van der Waals surface area contributed by atoms with E-state index in [1.54, 1.807) is 26.0 Å². The van der Waals surface area contributed by atoms with E-state index in [1.165, 1.54) is 16.4 Å². The van der Waals surface area contributed by atoms with E-state index in [4.69, 9.17) is 0 Å². The molecule has 10 heteroatoms. The van der Waals surface area contributed by atoms with Gasteiger partial charge in [0.25, 0.3) is 5.91 Å². The van der Waals surface area contributed by atoms with Gasteiger partial charge < -0.3 is 10.6 Å². The van der Waals surface area contributed by atoms with E-state index in [1.807, 2.05) is 0 Å². The molecule has 4 amide bonds. The van der Waals surface area contributed by atoms with Gasteiger partial charge >= 0.3 is 6.03 Å². The van der Waals surface area contributed by atoms with Gasteiger partial charge in [0.1, 0.15) is 5.54 Å². The number of nitrogens with zero attached hydrogens (tertiary/aromatic N) is 2. The zero-order valence-electron chi connectivity index (χ0n) is 17.3. The van der Waals surface area contributed by atoms with Crippen LogP contribution >= 0.6 is 0 Å². The SMILES string of the molecule is CC1(C)NC(=O)N(CCC(=O)Nc2cccc(S(=O)(=O)N3CCCCCC3)c2)C1=O. The third-order valence-electron chi connectivity index (χ3n) is 5.33. The summed E-state index contributed by atoms with van der Waals surface area (Å²) in [6.45, 7) is 4.15. The zero-order valence-corrected chi connectivity index (χ0v) is 18.1. The fraction of sp³-hybridized carbons (Fsp3) is 0.550. The highest BCUT2D eigenvalue weighted by molar-refractivity contribution is 7.89. The van der Waals surface area contributed by atoms with Crippen LogP contribution in [0.25, 0.3) is 0 Å². The highest BCUT2D eigenvalue weighted by Gasteiger charge is 2.44. The molecule has 2 N–H and O–H groups in total. The smallest absolute Gasteiger partial charge is 0.325 e. The van der Waals surface area contributed by atoms with Gasteiger partial charge in [-0.15, -0.1) is 0 Å². The number of hydrogen-bond acceptors (Lipinski definition) is 5. The summed E-state index contributed by atoms with van der Waals surface area (Å²) in [7, 11) is -3.62. The van der Waals surface area contributed by atoms with Gasteiger partial charge in [0.05, 0.1) is 4.90 Å². The van der Waals surface area contributed by atoms with Crippen molar-refractivity contribution in [3.63, 3.8) is 0 Å². The molecule has 0 bridgehead atoms. The molecular formula is C20H28N4O5S. The Hall–Kier alpha value is -2.46. The van der Waals surface area contributed by atoms with Crippen LogP contribution < -0.4 is 10.6 Å². The van der Waals surface area contributed by atoms with E-state index in [9.17, 15) is 22.8 Å². The topological polar surface area (TPSA) is 116 Å². The number of amides is 4. The third kappa shape index (κ3) is 4.81. The standard InChI is InChI=1S/C20H28N4O5S/c1-20(2)18(26)24(19(27)22-20)13-10-17(25)21-15-8-7-9-16(14-15)30(28,29)23-11-5-3-4-6-12-23/h7-9,14H,3-6,10-13H2,1-2H3,(H,21,25)(H,22,27). The Morgan fingerprint density at radius 3 is 2.40 bits per heavy atom. The molecule has 0 atom stereocenters. The molecule has 3 rings (SSSR count). The summed E-state index contributed by atoms with van der Waals surface area (Å²) in [5.41, 5.74) is -0.628. The van der Waals surface area contributed by atoms with Crippen LogP contribution in [0, 0.1) is 0 Å². The molecule has 164 valence electrons. The van der Waals surface area contributed by atoms with Crippen molar-refractivity contribution in [2.45, 2.75) is 56.4 Å². The van der Waals surface area contributed by atoms with Gasteiger partial charge in [0.15, 0.2) is 0 Å². The molecule has 2 aliphatic rings. The summed E-state index contributed by atoms with van der Waals surface area (Å²) in [5, 5.41) is 5.21. The van der Waals surface area contributed by atoms with Crippen molar-refractivity contribution >= 4 is 33.6 Å². The Balaban J connectivity index is 1.63. The molecule has 0 aliphatic carbocycles. The van der Waals surface area contributed by atoms with Crippen LogP contribution in [0.2, 0.25) is 0 Å². The maximum atomic E-state index is 12.9. The van der Waals surface area contributed by atoms with E-state index in [0.717, 1.165) is 30.6 Å². The lowest BCUT2D eigenvalue weighted by atomic mass is 10.1. The Morgan fingerprint density at radius 2 is 1.80 bits per heavy atom. The molecule has 2 aliphatic heterocycles. The van der Waals surface area contributed by atoms with Crippen molar-refractivity contribution in [2.24, 2.45) is 0 Å². The number of rotatable bonds is 6. The van der Waals surface area contributed by atoms with Crippen LogP contribution in [-0.4, -0.2) is 60.6 Å². The van der Waals surface area contributed by atoms with Gasteiger partial charge in [0, 0.05) is 31.7 Å². The minimum atomic E-state index is -3.62. The first-order chi connectivity index (χ1) is 14.1. The average molecular weight is 437 g/mol. The molecule has 1 aromatic carbocycles. The first kappa shape index (κ1) is 22.2. The average Bonchev–Trinajstić information content (AvgIpc) is 2.89. The van der Waals surface area contributed by atoms with Gasteiger partial charge in [-0.25, -0.2) is 13.2 Å². The van der Waals surface area contributed by atoms with Crippen molar-refractivity contribution in [3.8, 4) is 0 Å². The fourth-order valence-corrected chi connectivity index (χ4v) is 5.19. The molecule has 0 radical (unpaired) electrons. The molecule has 0 spiro atoms. The molecule has 30 heavy (non-hydrogen) atoms. The van der Waals surface area contributed by atoms with Crippen LogP contribution in [0.15, 0.2) is 29.2 Å². The number of anilines is 1. The fourth-order valence-electron chi connectivity index (χ4n) is 3.62. The Morgan fingerprint density at radius 1 is 1.13 bits per heavy atom. The number of sulfonamides is 1. The molecular weight excluding hydrogens is 408 g/mol. The maximum absolute atomic E-state index is 12.9. The lowest BCUT2D eigenvalue weighted by Gasteiger charge is -2.20. The second-order valence-electron chi connectivity index (χ2n) is 8.16. The Kier molecular flexibility index (Phi) is 6.47. The van der Waals surface area contributed by atoms with Gasteiger partial charge in [-0.05, 0) is 44.9 Å². The monoisotopic (exact) mass is 436 g/mol. The largest absolute Gasteiger partial charge is 0.326 e. The van der Waals surface area contributed by atoms with E-state index >= 15 is 0 Å². The van der Waals surface area contributed by atoms with Crippen molar-refractivity contribution in [1.82, 2.24) is 14.5 Å². The number of imide groups is 1. The molecule has 0 unspecified atom stereocenters. The molecule has 2 saturated heterocycles. The zero-order chi connectivity index (χ0) is 21.9. The normalized spacial score (nSPS) is 20.0. The Labute approximate surface area is 176 Å². The predicted octanol–water partition coefficient (Wildman–Crippen LogP) is 1.91.